The zero-order valence-corrected chi connectivity index (χ0v) is 12.7. The first-order valence-electron chi connectivity index (χ1n) is 7.61. The lowest BCUT2D eigenvalue weighted by Gasteiger charge is -2.22. The number of hydrogen-bond acceptors (Lipinski definition) is 5. The van der Waals surface area contributed by atoms with Gasteiger partial charge in [0.15, 0.2) is 6.61 Å². The highest BCUT2D eigenvalue weighted by Gasteiger charge is 2.18. The number of amides is 3. The van der Waals surface area contributed by atoms with Crippen molar-refractivity contribution >= 4 is 17.9 Å². The Morgan fingerprint density at radius 1 is 1.13 bits per heavy atom. The lowest BCUT2D eigenvalue weighted by atomic mass is 9.96. The Morgan fingerprint density at radius 2 is 1.83 bits per heavy atom. The van der Waals surface area contributed by atoms with Crippen molar-refractivity contribution in [2.75, 3.05) is 6.61 Å². The largest absolute Gasteiger partial charge is 0.507 e. The molecule has 1 aliphatic rings. The van der Waals surface area contributed by atoms with Gasteiger partial charge in [-0.2, -0.15) is 0 Å². The number of ether oxygens (including phenoxy) is 1. The topological polar surface area (TPSA) is 105 Å². The zero-order chi connectivity index (χ0) is 16.7. The summed E-state index contributed by atoms with van der Waals surface area (Å²) in [4.78, 5) is 35.0. The highest BCUT2D eigenvalue weighted by molar-refractivity contribution is 5.97. The number of rotatable bonds is 4. The molecule has 0 saturated heterocycles. The van der Waals surface area contributed by atoms with E-state index >= 15 is 0 Å². The summed E-state index contributed by atoms with van der Waals surface area (Å²) in [6.45, 7) is -0.592. The predicted octanol–water partition coefficient (Wildman–Crippen LogP) is 1.71. The Morgan fingerprint density at radius 3 is 2.52 bits per heavy atom. The van der Waals surface area contributed by atoms with E-state index in [2.05, 4.69) is 10.6 Å². The molecule has 7 nitrogen and oxygen atoms in total. The molecule has 0 aliphatic heterocycles. The van der Waals surface area contributed by atoms with E-state index in [0.717, 1.165) is 25.7 Å². The van der Waals surface area contributed by atoms with Crippen molar-refractivity contribution in [2.24, 2.45) is 0 Å². The third kappa shape index (κ3) is 5.28. The smallest absolute Gasteiger partial charge is 0.342 e. The van der Waals surface area contributed by atoms with Crippen LogP contribution in [-0.4, -0.2) is 35.7 Å². The number of nitrogens with one attached hydrogen (secondary N) is 2. The van der Waals surface area contributed by atoms with Crippen molar-refractivity contribution in [1.29, 1.82) is 0 Å². The Kier molecular flexibility index (Phi) is 5.96. The molecule has 3 N–H and O–H groups in total. The number of urea groups is 1. The summed E-state index contributed by atoms with van der Waals surface area (Å²) < 4.78 is 4.77. The van der Waals surface area contributed by atoms with Gasteiger partial charge in [-0.3, -0.25) is 10.1 Å². The maximum absolute atomic E-state index is 11.7. The molecule has 0 atom stereocenters. The molecule has 7 heteroatoms. The van der Waals surface area contributed by atoms with Crippen LogP contribution in [0.15, 0.2) is 24.3 Å². The molecule has 0 bridgehead atoms. The summed E-state index contributed by atoms with van der Waals surface area (Å²) >= 11 is 0. The van der Waals surface area contributed by atoms with E-state index < -0.39 is 24.5 Å². The van der Waals surface area contributed by atoms with Crippen molar-refractivity contribution in [1.82, 2.24) is 10.6 Å². The average Bonchev–Trinajstić information content (AvgIpc) is 2.54. The van der Waals surface area contributed by atoms with Crippen LogP contribution in [0, 0.1) is 0 Å². The molecule has 1 aliphatic carbocycles. The van der Waals surface area contributed by atoms with Gasteiger partial charge in [0, 0.05) is 6.04 Å². The van der Waals surface area contributed by atoms with Crippen molar-refractivity contribution in [3.05, 3.63) is 29.8 Å². The van der Waals surface area contributed by atoms with E-state index in [0.29, 0.717) is 0 Å². The van der Waals surface area contributed by atoms with E-state index in [1.165, 1.54) is 18.6 Å². The quantitative estimate of drug-likeness (QED) is 0.733. The lowest BCUT2D eigenvalue weighted by molar-refractivity contribution is -0.123. The molecule has 0 spiro atoms. The van der Waals surface area contributed by atoms with Gasteiger partial charge in [-0.1, -0.05) is 31.4 Å². The van der Waals surface area contributed by atoms with Gasteiger partial charge in [0.1, 0.15) is 11.3 Å². The fourth-order valence-corrected chi connectivity index (χ4v) is 2.49. The molecule has 1 fully saturated rings. The highest BCUT2D eigenvalue weighted by Crippen LogP contribution is 2.17. The van der Waals surface area contributed by atoms with E-state index in [-0.39, 0.29) is 17.4 Å². The number of hydrogen-bond donors (Lipinski definition) is 3. The SMILES string of the molecule is O=C(COC(=O)c1ccccc1O)NC(=O)NC1CCCCC1. The highest BCUT2D eigenvalue weighted by atomic mass is 16.5. The normalized spacial score (nSPS) is 14.8. The van der Waals surface area contributed by atoms with Crippen molar-refractivity contribution in [3.8, 4) is 5.75 Å². The molecule has 0 radical (unpaired) electrons. The van der Waals surface area contributed by atoms with Gasteiger partial charge in [-0.05, 0) is 25.0 Å². The molecule has 0 unspecified atom stereocenters. The summed E-state index contributed by atoms with van der Waals surface area (Å²) in [6.07, 6.45) is 5.11. The monoisotopic (exact) mass is 320 g/mol. The molecule has 3 amide bonds. The molecule has 1 saturated carbocycles. The maximum Gasteiger partial charge on any atom is 0.342 e. The summed E-state index contributed by atoms with van der Waals surface area (Å²) in [5.74, 6) is -1.78. The van der Waals surface area contributed by atoms with Crippen LogP contribution in [0.5, 0.6) is 5.75 Å². The van der Waals surface area contributed by atoms with E-state index in [1.54, 1.807) is 12.1 Å². The first-order chi connectivity index (χ1) is 11.1. The minimum Gasteiger partial charge on any atom is -0.507 e. The van der Waals surface area contributed by atoms with Gasteiger partial charge in [-0.25, -0.2) is 9.59 Å². The number of esters is 1. The Labute approximate surface area is 134 Å². The molecule has 0 aromatic heterocycles. The van der Waals surface area contributed by atoms with E-state index in [9.17, 15) is 19.5 Å². The Hall–Kier alpha value is -2.57. The fourth-order valence-electron chi connectivity index (χ4n) is 2.49. The number of imide groups is 1. The van der Waals surface area contributed by atoms with E-state index in [4.69, 9.17) is 4.74 Å². The van der Waals surface area contributed by atoms with Crippen molar-refractivity contribution < 1.29 is 24.2 Å². The molecule has 2 rings (SSSR count). The lowest BCUT2D eigenvalue weighted by Crippen LogP contribution is -2.46. The van der Waals surface area contributed by atoms with Gasteiger partial charge >= 0.3 is 12.0 Å². The number of aromatic hydroxyl groups is 1. The third-order valence-electron chi connectivity index (χ3n) is 3.65. The molecule has 1 aromatic carbocycles. The van der Waals surface area contributed by atoms with Crippen molar-refractivity contribution in [2.45, 2.75) is 38.1 Å². The third-order valence-corrected chi connectivity index (χ3v) is 3.65. The minimum absolute atomic E-state index is 0.0352. The summed E-state index contributed by atoms with van der Waals surface area (Å²) in [5.41, 5.74) is -0.0352. The van der Waals surface area contributed by atoms with Gasteiger partial charge in [0.25, 0.3) is 5.91 Å². The number of carbonyl (C=O) groups is 3. The van der Waals surface area contributed by atoms with Crippen LogP contribution >= 0.6 is 0 Å². The standard InChI is InChI=1S/C16H20N2O5/c19-13-9-5-4-8-12(13)15(21)23-10-14(20)18-16(22)17-11-6-2-1-3-7-11/h4-5,8-9,11,19H,1-3,6-7,10H2,(H2,17,18,20,22). The summed E-state index contributed by atoms with van der Waals surface area (Å²) in [7, 11) is 0. The van der Waals surface area contributed by atoms with Crippen LogP contribution in [0.2, 0.25) is 0 Å². The van der Waals surface area contributed by atoms with Crippen LogP contribution in [-0.2, 0) is 9.53 Å². The number of carbonyl (C=O) groups excluding carboxylic acids is 3. The predicted molar refractivity (Wildman–Crippen MR) is 81.9 cm³/mol. The number of benzene rings is 1. The second-order valence-electron chi connectivity index (χ2n) is 5.45. The van der Waals surface area contributed by atoms with Gasteiger partial charge in [-0.15, -0.1) is 0 Å². The van der Waals surface area contributed by atoms with Crippen LogP contribution in [0.4, 0.5) is 4.79 Å². The van der Waals surface area contributed by atoms with Gasteiger partial charge in [0.2, 0.25) is 0 Å². The molecule has 23 heavy (non-hydrogen) atoms. The van der Waals surface area contributed by atoms with Gasteiger partial charge < -0.3 is 15.2 Å². The summed E-state index contributed by atoms with van der Waals surface area (Å²) in [5, 5.41) is 14.4. The maximum atomic E-state index is 11.7. The van der Waals surface area contributed by atoms with Crippen LogP contribution in [0.25, 0.3) is 0 Å². The second-order valence-corrected chi connectivity index (χ2v) is 5.45. The Bertz CT molecular complexity index is 582. The Balaban J connectivity index is 1.73. The molecule has 1 aromatic rings. The first-order valence-corrected chi connectivity index (χ1v) is 7.61. The van der Waals surface area contributed by atoms with Gasteiger partial charge in [0.05, 0.1) is 0 Å². The molecular formula is C16H20N2O5. The minimum atomic E-state index is -0.828. The molecule has 0 heterocycles. The van der Waals surface area contributed by atoms with Crippen LogP contribution in [0.1, 0.15) is 42.5 Å². The first kappa shape index (κ1) is 16.8. The molecular weight excluding hydrogens is 300 g/mol. The molecule has 124 valence electrons. The van der Waals surface area contributed by atoms with E-state index in [1.807, 2.05) is 0 Å². The summed E-state index contributed by atoms with van der Waals surface area (Å²) in [6, 6.07) is 5.35. The zero-order valence-electron chi connectivity index (χ0n) is 12.7. The number of phenols is 1. The van der Waals surface area contributed by atoms with Crippen LogP contribution < -0.4 is 10.6 Å². The fraction of sp³-hybridized carbons (Fsp3) is 0.438. The second kappa shape index (κ2) is 8.17. The number of para-hydroxylation sites is 1. The van der Waals surface area contributed by atoms with Crippen LogP contribution in [0.3, 0.4) is 0 Å². The van der Waals surface area contributed by atoms with Crippen molar-refractivity contribution in [3.63, 3.8) is 0 Å². The average molecular weight is 320 g/mol. The number of phenolic OH excluding ortho intramolecular Hbond substituents is 1.